The second kappa shape index (κ2) is 11.0. The molecule has 2 aliphatic rings. The number of benzene rings is 2. The zero-order chi connectivity index (χ0) is 24.2. The van der Waals surface area contributed by atoms with Gasteiger partial charge in [-0.15, -0.1) is 0 Å². The van der Waals surface area contributed by atoms with E-state index in [1.165, 1.54) is 0 Å². The number of aldehydes is 1. The van der Waals surface area contributed by atoms with Gasteiger partial charge in [-0.3, -0.25) is 0 Å². The molecule has 0 radical (unpaired) electrons. The SMILES string of the molecule is CCOCc1ccc(C2CCC(c3ccc(C4CCC(C=O)CC4)c(F)c3F)CC2)c(F)c1F. The first-order chi connectivity index (χ1) is 16.4. The quantitative estimate of drug-likeness (QED) is 0.302. The number of ether oxygens (including phenoxy) is 1. The highest BCUT2D eigenvalue weighted by molar-refractivity contribution is 5.53. The van der Waals surface area contributed by atoms with Crippen LogP contribution >= 0.6 is 0 Å². The van der Waals surface area contributed by atoms with Crippen molar-refractivity contribution in [3.05, 3.63) is 69.8 Å². The van der Waals surface area contributed by atoms with Crippen LogP contribution in [-0.4, -0.2) is 12.9 Å². The highest BCUT2D eigenvalue weighted by Gasteiger charge is 2.31. The summed E-state index contributed by atoms with van der Waals surface area (Å²) in [5.41, 5.74) is 1.34. The van der Waals surface area contributed by atoms with Crippen molar-refractivity contribution in [2.45, 2.75) is 82.7 Å². The molecule has 0 unspecified atom stereocenters. The number of carbonyl (C=O) groups excluding carboxylic acids is 1. The number of hydrogen-bond acceptors (Lipinski definition) is 2. The fourth-order valence-corrected chi connectivity index (χ4v) is 5.73. The van der Waals surface area contributed by atoms with Crippen LogP contribution in [0, 0.1) is 29.2 Å². The molecule has 2 nitrogen and oxygen atoms in total. The fourth-order valence-electron chi connectivity index (χ4n) is 5.73. The predicted molar refractivity (Wildman–Crippen MR) is 123 cm³/mol. The average Bonchev–Trinajstić information content (AvgIpc) is 2.87. The molecule has 184 valence electrons. The predicted octanol–water partition coefficient (Wildman–Crippen LogP) is 7.69. The Hall–Kier alpha value is -2.21. The zero-order valence-electron chi connectivity index (χ0n) is 19.6. The van der Waals surface area contributed by atoms with Crippen LogP contribution in [0.25, 0.3) is 0 Å². The van der Waals surface area contributed by atoms with Gasteiger partial charge in [0.1, 0.15) is 6.29 Å². The van der Waals surface area contributed by atoms with Crippen molar-refractivity contribution in [2.24, 2.45) is 5.92 Å². The Morgan fingerprint density at radius 1 is 0.706 bits per heavy atom. The molecule has 4 rings (SSSR count). The van der Waals surface area contributed by atoms with Crippen LogP contribution in [0.3, 0.4) is 0 Å². The van der Waals surface area contributed by atoms with Gasteiger partial charge in [0.2, 0.25) is 0 Å². The lowest BCUT2D eigenvalue weighted by Crippen LogP contribution is -2.18. The summed E-state index contributed by atoms with van der Waals surface area (Å²) in [5.74, 6) is -3.56. The van der Waals surface area contributed by atoms with E-state index in [1.54, 1.807) is 31.2 Å². The Labute approximate surface area is 198 Å². The summed E-state index contributed by atoms with van der Waals surface area (Å²) in [5, 5.41) is 0. The van der Waals surface area contributed by atoms with Crippen molar-refractivity contribution < 1.29 is 27.1 Å². The minimum absolute atomic E-state index is 0.0257. The van der Waals surface area contributed by atoms with Crippen molar-refractivity contribution in [1.82, 2.24) is 0 Å². The Morgan fingerprint density at radius 3 is 1.56 bits per heavy atom. The van der Waals surface area contributed by atoms with Crippen molar-refractivity contribution in [2.75, 3.05) is 6.61 Å². The Bertz CT molecular complexity index is 1010. The van der Waals surface area contributed by atoms with E-state index in [4.69, 9.17) is 4.74 Å². The standard InChI is InChI=1S/C28H32F4O2/c1-2-34-16-21-11-12-22(26(30)25(21)29)19-7-9-20(10-8-19)24-14-13-23(27(31)28(24)32)18-5-3-17(15-33)4-6-18/h11-15,17-20H,2-10,16H2,1H3. The van der Waals surface area contributed by atoms with Gasteiger partial charge in [0.05, 0.1) is 6.61 Å². The molecule has 0 bridgehead atoms. The molecule has 0 spiro atoms. The number of carbonyl (C=O) groups is 1. The lowest BCUT2D eigenvalue weighted by Gasteiger charge is -2.31. The van der Waals surface area contributed by atoms with E-state index in [-0.39, 0.29) is 35.8 Å². The Balaban J connectivity index is 1.43. The van der Waals surface area contributed by atoms with Crippen molar-refractivity contribution in [3.8, 4) is 0 Å². The maximum absolute atomic E-state index is 15.1. The molecule has 2 aliphatic carbocycles. The molecular weight excluding hydrogens is 444 g/mol. The van der Waals surface area contributed by atoms with E-state index in [1.807, 2.05) is 0 Å². The molecule has 0 aliphatic heterocycles. The Morgan fingerprint density at radius 2 is 1.12 bits per heavy atom. The summed E-state index contributed by atoms with van der Waals surface area (Å²) >= 11 is 0. The summed E-state index contributed by atoms with van der Waals surface area (Å²) in [6, 6.07) is 6.61. The number of rotatable bonds is 7. The normalized spacial score (nSPS) is 25.3. The molecule has 0 amide bonds. The van der Waals surface area contributed by atoms with E-state index in [0.717, 1.165) is 6.29 Å². The van der Waals surface area contributed by atoms with Crippen LogP contribution in [-0.2, 0) is 16.1 Å². The highest BCUT2D eigenvalue weighted by atomic mass is 19.2. The first-order valence-electron chi connectivity index (χ1n) is 12.4. The van der Waals surface area contributed by atoms with Gasteiger partial charge in [0, 0.05) is 18.1 Å². The molecule has 2 saturated carbocycles. The molecule has 0 heterocycles. The first kappa shape index (κ1) is 24.9. The third-order valence-electron chi connectivity index (χ3n) is 7.81. The van der Waals surface area contributed by atoms with E-state index in [2.05, 4.69) is 0 Å². The molecule has 2 aromatic carbocycles. The summed E-state index contributed by atoms with van der Waals surface area (Å²) in [4.78, 5) is 11.0. The second-order valence-electron chi connectivity index (χ2n) is 9.75. The second-order valence-corrected chi connectivity index (χ2v) is 9.75. The first-order valence-corrected chi connectivity index (χ1v) is 12.4. The van der Waals surface area contributed by atoms with Gasteiger partial charge in [-0.25, -0.2) is 17.6 Å². The molecule has 6 heteroatoms. The molecule has 0 saturated heterocycles. The van der Waals surface area contributed by atoms with Crippen molar-refractivity contribution >= 4 is 6.29 Å². The average molecular weight is 477 g/mol. The fraction of sp³-hybridized carbons (Fsp3) is 0.536. The van der Waals surface area contributed by atoms with Crippen molar-refractivity contribution in [3.63, 3.8) is 0 Å². The van der Waals surface area contributed by atoms with Gasteiger partial charge in [0.25, 0.3) is 0 Å². The summed E-state index contributed by atoms with van der Waals surface area (Å²) in [7, 11) is 0. The zero-order valence-corrected chi connectivity index (χ0v) is 19.6. The van der Waals surface area contributed by atoms with Crippen LogP contribution in [0.2, 0.25) is 0 Å². The number of hydrogen-bond donors (Lipinski definition) is 0. The number of halogens is 4. The van der Waals surface area contributed by atoms with E-state index < -0.39 is 23.3 Å². The van der Waals surface area contributed by atoms with Gasteiger partial charge in [-0.2, -0.15) is 0 Å². The maximum Gasteiger partial charge on any atom is 0.164 e. The summed E-state index contributed by atoms with van der Waals surface area (Å²) in [6.07, 6.45) is 6.12. The van der Waals surface area contributed by atoms with Crippen molar-refractivity contribution in [1.29, 1.82) is 0 Å². The molecule has 0 atom stereocenters. The molecule has 34 heavy (non-hydrogen) atoms. The molecule has 2 fully saturated rings. The lowest BCUT2D eigenvalue weighted by atomic mass is 9.74. The molecule has 0 aromatic heterocycles. The van der Waals surface area contributed by atoms with E-state index in [0.29, 0.717) is 74.7 Å². The molecular formula is C28H32F4O2. The van der Waals surface area contributed by atoms with E-state index in [9.17, 15) is 18.0 Å². The van der Waals surface area contributed by atoms with Crippen LogP contribution in [0.5, 0.6) is 0 Å². The molecule has 2 aromatic rings. The Kier molecular flexibility index (Phi) is 8.07. The highest BCUT2D eigenvalue weighted by Crippen LogP contribution is 2.44. The van der Waals surface area contributed by atoms with Crippen LogP contribution in [0.15, 0.2) is 24.3 Å². The smallest absolute Gasteiger partial charge is 0.164 e. The summed E-state index contributed by atoms with van der Waals surface area (Å²) < 4.78 is 64.4. The van der Waals surface area contributed by atoms with Gasteiger partial charge >= 0.3 is 0 Å². The van der Waals surface area contributed by atoms with Gasteiger partial charge in [-0.1, -0.05) is 24.3 Å². The van der Waals surface area contributed by atoms with Gasteiger partial charge < -0.3 is 9.53 Å². The minimum Gasteiger partial charge on any atom is -0.377 e. The monoisotopic (exact) mass is 476 g/mol. The topological polar surface area (TPSA) is 26.3 Å². The maximum atomic E-state index is 15.1. The summed E-state index contributed by atoms with van der Waals surface area (Å²) in [6.45, 7) is 2.25. The van der Waals surface area contributed by atoms with Gasteiger partial charge in [0.15, 0.2) is 23.3 Å². The largest absolute Gasteiger partial charge is 0.377 e. The molecule has 0 N–H and O–H groups in total. The van der Waals surface area contributed by atoms with Gasteiger partial charge in [-0.05, 0) is 92.7 Å². The third kappa shape index (κ3) is 5.07. The lowest BCUT2D eigenvalue weighted by molar-refractivity contribution is -0.111. The minimum atomic E-state index is -0.862. The van der Waals surface area contributed by atoms with Crippen LogP contribution in [0.1, 0.15) is 98.3 Å². The third-order valence-corrected chi connectivity index (χ3v) is 7.81. The van der Waals surface area contributed by atoms with Crippen LogP contribution < -0.4 is 0 Å². The van der Waals surface area contributed by atoms with Crippen LogP contribution in [0.4, 0.5) is 17.6 Å². The van der Waals surface area contributed by atoms with E-state index >= 15 is 4.39 Å².